The van der Waals surface area contributed by atoms with E-state index in [0.717, 1.165) is 26.1 Å². The minimum absolute atomic E-state index is 0.764. The van der Waals surface area contributed by atoms with Gasteiger partial charge in [-0.05, 0) is 31.4 Å². The molecule has 0 unspecified atom stereocenters. The third kappa shape index (κ3) is 5.03. The first-order chi connectivity index (χ1) is 8.67. The smallest absolute Gasteiger partial charge is 0.0587 e. The van der Waals surface area contributed by atoms with E-state index in [2.05, 4.69) is 50.4 Å². The monoisotopic (exact) mass is 247 g/mol. The van der Waals surface area contributed by atoms with Crippen molar-refractivity contribution < 1.29 is 4.74 Å². The summed E-state index contributed by atoms with van der Waals surface area (Å²) in [6, 6.07) is 6.60. The van der Waals surface area contributed by atoms with Crippen molar-refractivity contribution in [2.75, 3.05) is 26.8 Å². The molecule has 0 spiro atoms. The maximum absolute atomic E-state index is 5.03. The number of ether oxygens (including phenoxy) is 1. The van der Waals surface area contributed by atoms with Crippen LogP contribution in [0.15, 0.2) is 23.8 Å². The summed E-state index contributed by atoms with van der Waals surface area (Å²) in [5, 5.41) is 3.40. The summed E-state index contributed by atoms with van der Waals surface area (Å²) in [6.45, 7) is 9.11. The maximum atomic E-state index is 5.03. The van der Waals surface area contributed by atoms with Gasteiger partial charge in [0.25, 0.3) is 0 Å². The van der Waals surface area contributed by atoms with Gasteiger partial charge in [0.05, 0.1) is 6.61 Å². The van der Waals surface area contributed by atoms with Crippen LogP contribution in [0.1, 0.15) is 30.0 Å². The van der Waals surface area contributed by atoms with Crippen LogP contribution in [0.25, 0.3) is 6.08 Å². The molecule has 18 heavy (non-hydrogen) atoms. The van der Waals surface area contributed by atoms with Crippen LogP contribution in [0.3, 0.4) is 0 Å². The van der Waals surface area contributed by atoms with Gasteiger partial charge in [0.1, 0.15) is 0 Å². The molecule has 1 N–H and O–H groups in total. The summed E-state index contributed by atoms with van der Waals surface area (Å²) in [6.07, 6.45) is 3.38. The minimum atomic E-state index is 0.764. The lowest BCUT2D eigenvalue weighted by molar-refractivity contribution is 0.200. The number of rotatable bonds is 7. The lowest BCUT2D eigenvalue weighted by Crippen LogP contribution is -2.21. The number of aryl methyl sites for hydroxylation is 2. The van der Waals surface area contributed by atoms with Crippen LogP contribution in [-0.4, -0.2) is 26.8 Å². The molecule has 0 aromatic heterocycles. The van der Waals surface area contributed by atoms with Crippen molar-refractivity contribution in [2.24, 2.45) is 0 Å². The molecule has 0 saturated heterocycles. The molecule has 0 radical (unpaired) electrons. The second-order valence-corrected chi connectivity index (χ2v) is 4.69. The molecular formula is C16H25NO. The number of nitrogens with one attached hydrogen (secondary N) is 1. The van der Waals surface area contributed by atoms with Crippen molar-refractivity contribution in [1.29, 1.82) is 0 Å². The molecule has 0 fully saturated rings. The van der Waals surface area contributed by atoms with Gasteiger partial charge in [0, 0.05) is 20.2 Å². The standard InChI is InChI=1S/C16H25NO/c1-5-15(12-17-8-9-18-4)11-16-10-13(2)6-7-14(16)3/h6-7,10-11,17H,5,8-9,12H2,1-4H3. The molecule has 2 nitrogen and oxygen atoms in total. The zero-order valence-electron chi connectivity index (χ0n) is 12.0. The van der Waals surface area contributed by atoms with Gasteiger partial charge in [-0.3, -0.25) is 0 Å². The molecule has 0 atom stereocenters. The second-order valence-electron chi connectivity index (χ2n) is 4.69. The SMILES string of the molecule is CCC(=Cc1cc(C)ccc1C)CNCCOC. The fourth-order valence-electron chi connectivity index (χ4n) is 1.84. The first-order valence-corrected chi connectivity index (χ1v) is 6.63. The Morgan fingerprint density at radius 3 is 2.78 bits per heavy atom. The van der Waals surface area contributed by atoms with E-state index in [9.17, 15) is 0 Å². The van der Waals surface area contributed by atoms with Crippen molar-refractivity contribution in [1.82, 2.24) is 5.32 Å². The van der Waals surface area contributed by atoms with E-state index in [1.54, 1.807) is 7.11 Å². The third-order valence-electron chi connectivity index (χ3n) is 3.08. The highest BCUT2D eigenvalue weighted by Gasteiger charge is 1.99. The molecule has 2 heteroatoms. The Balaban J connectivity index is 2.68. The Hall–Kier alpha value is -1.12. The van der Waals surface area contributed by atoms with E-state index in [-0.39, 0.29) is 0 Å². The van der Waals surface area contributed by atoms with Crippen LogP contribution in [0.2, 0.25) is 0 Å². The van der Waals surface area contributed by atoms with E-state index in [4.69, 9.17) is 4.74 Å². The molecule has 100 valence electrons. The van der Waals surface area contributed by atoms with E-state index in [1.807, 2.05) is 0 Å². The van der Waals surface area contributed by atoms with Crippen LogP contribution >= 0.6 is 0 Å². The predicted octanol–water partition coefficient (Wildman–Crippen LogP) is 3.33. The van der Waals surface area contributed by atoms with Crippen LogP contribution in [-0.2, 0) is 4.74 Å². The topological polar surface area (TPSA) is 21.3 Å². The van der Waals surface area contributed by atoms with Crippen molar-refractivity contribution in [3.63, 3.8) is 0 Å². The Morgan fingerprint density at radius 1 is 1.33 bits per heavy atom. The van der Waals surface area contributed by atoms with Crippen LogP contribution in [0, 0.1) is 13.8 Å². The van der Waals surface area contributed by atoms with Gasteiger partial charge in [-0.15, -0.1) is 0 Å². The van der Waals surface area contributed by atoms with E-state index < -0.39 is 0 Å². The largest absolute Gasteiger partial charge is 0.383 e. The van der Waals surface area contributed by atoms with Crippen LogP contribution in [0.5, 0.6) is 0 Å². The fourth-order valence-corrected chi connectivity index (χ4v) is 1.84. The number of hydrogen-bond donors (Lipinski definition) is 1. The van der Waals surface area contributed by atoms with Gasteiger partial charge in [-0.25, -0.2) is 0 Å². The molecule has 0 aliphatic rings. The summed E-state index contributed by atoms with van der Waals surface area (Å²) in [4.78, 5) is 0. The van der Waals surface area contributed by atoms with Gasteiger partial charge in [0.2, 0.25) is 0 Å². The van der Waals surface area contributed by atoms with E-state index in [0.29, 0.717) is 0 Å². The van der Waals surface area contributed by atoms with E-state index >= 15 is 0 Å². The first kappa shape index (κ1) is 14.9. The highest BCUT2D eigenvalue weighted by Crippen LogP contribution is 2.15. The van der Waals surface area contributed by atoms with Crippen molar-refractivity contribution in [2.45, 2.75) is 27.2 Å². The fraction of sp³-hybridized carbons (Fsp3) is 0.500. The molecule has 0 aliphatic carbocycles. The minimum Gasteiger partial charge on any atom is -0.383 e. The Kier molecular flexibility index (Phi) is 6.69. The highest BCUT2D eigenvalue weighted by atomic mass is 16.5. The lowest BCUT2D eigenvalue weighted by atomic mass is 10.0. The number of hydrogen-bond acceptors (Lipinski definition) is 2. The summed E-state index contributed by atoms with van der Waals surface area (Å²) in [7, 11) is 1.73. The zero-order valence-corrected chi connectivity index (χ0v) is 12.0. The molecule has 0 saturated carbocycles. The molecular weight excluding hydrogens is 222 g/mol. The number of methoxy groups -OCH3 is 1. The van der Waals surface area contributed by atoms with Gasteiger partial charge in [-0.1, -0.05) is 42.3 Å². The van der Waals surface area contributed by atoms with Crippen LogP contribution in [0.4, 0.5) is 0 Å². The molecule has 1 aromatic rings. The van der Waals surface area contributed by atoms with Crippen molar-refractivity contribution >= 4 is 6.08 Å². The van der Waals surface area contributed by atoms with Crippen LogP contribution < -0.4 is 5.32 Å². The normalized spacial score (nSPS) is 11.9. The number of benzene rings is 1. The molecule has 0 bridgehead atoms. The van der Waals surface area contributed by atoms with Gasteiger partial charge >= 0.3 is 0 Å². The maximum Gasteiger partial charge on any atom is 0.0587 e. The molecule has 0 aliphatic heterocycles. The summed E-state index contributed by atoms with van der Waals surface area (Å²) in [5.74, 6) is 0. The lowest BCUT2D eigenvalue weighted by Gasteiger charge is -2.09. The predicted molar refractivity (Wildman–Crippen MR) is 78.9 cm³/mol. The molecule has 0 heterocycles. The first-order valence-electron chi connectivity index (χ1n) is 6.63. The highest BCUT2D eigenvalue weighted by molar-refractivity contribution is 5.57. The van der Waals surface area contributed by atoms with Crippen molar-refractivity contribution in [3.05, 3.63) is 40.5 Å². The Labute approximate surface area is 111 Å². The van der Waals surface area contributed by atoms with E-state index in [1.165, 1.54) is 22.3 Å². The third-order valence-corrected chi connectivity index (χ3v) is 3.08. The molecule has 0 amide bonds. The summed E-state index contributed by atoms with van der Waals surface area (Å²) < 4.78 is 5.03. The summed E-state index contributed by atoms with van der Waals surface area (Å²) >= 11 is 0. The molecule has 1 aromatic carbocycles. The molecule has 1 rings (SSSR count). The van der Waals surface area contributed by atoms with Gasteiger partial charge in [0.15, 0.2) is 0 Å². The van der Waals surface area contributed by atoms with Gasteiger partial charge in [-0.2, -0.15) is 0 Å². The van der Waals surface area contributed by atoms with Crippen molar-refractivity contribution in [3.8, 4) is 0 Å². The second kappa shape index (κ2) is 8.06. The quantitative estimate of drug-likeness (QED) is 0.746. The average molecular weight is 247 g/mol. The Bertz CT molecular complexity index is 396. The zero-order chi connectivity index (χ0) is 13.4. The van der Waals surface area contributed by atoms with Gasteiger partial charge < -0.3 is 10.1 Å². The Morgan fingerprint density at radius 2 is 2.11 bits per heavy atom. The average Bonchev–Trinajstić information content (AvgIpc) is 2.37. The summed E-state index contributed by atoms with van der Waals surface area (Å²) in [5.41, 5.74) is 5.42.